The maximum Gasteiger partial charge on any atom is 0.209 e. The minimum absolute atomic E-state index is 0.0184. The first-order valence-corrected chi connectivity index (χ1v) is 8.38. The maximum atomic E-state index is 11.1. The number of primary sulfonamides is 1. The second-order valence-electron chi connectivity index (χ2n) is 5.08. The average molecular weight is 279 g/mol. The first-order chi connectivity index (χ1) is 8.51. The molecule has 1 aliphatic rings. The van der Waals surface area contributed by atoms with Crippen molar-refractivity contribution in [1.29, 1.82) is 0 Å². The van der Waals surface area contributed by atoms with Crippen LogP contribution in [0.15, 0.2) is 0 Å². The molecule has 1 aliphatic heterocycles. The van der Waals surface area contributed by atoms with Gasteiger partial charge in [0.05, 0.1) is 12.4 Å². The van der Waals surface area contributed by atoms with E-state index >= 15 is 0 Å². The van der Waals surface area contributed by atoms with Crippen molar-refractivity contribution < 1.29 is 17.9 Å². The predicted molar refractivity (Wildman–Crippen MR) is 70.7 cm³/mol. The first kappa shape index (κ1) is 15.9. The molecule has 1 fully saturated rings. The molecule has 6 heteroatoms. The van der Waals surface area contributed by atoms with Crippen molar-refractivity contribution in [2.24, 2.45) is 17.0 Å². The molecule has 5 nitrogen and oxygen atoms in total. The summed E-state index contributed by atoms with van der Waals surface area (Å²) in [4.78, 5) is 0. The molecule has 0 bridgehead atoms. The molecule has 0 amide bonds. The molecule has 2 N–H and O–H groups in total. The highest BCUT2D eigenvalue weighted by Crippen LogP contribution is 2.16. The fourth-order valence-electron chi connectivity index (χ4n) is 2.27. The number of nitrogens with two attached hydrogens (primary N) is 1. The molecule has 18 heavy (non-hydrogen) atoms. The third kappa shape index (κ3) is 7.31. The summed E-state index contributed by atoms with van der Waals surface area (Å²) in [6.45, 7) is 4.84. The van der Waals surface area contributed by atoms with Gasteiger partial charge in [-0.2, -0.15) is 0 Å². The van der Waals surface area contributed by atoms with Gasteiger partial charge in [-0.3, -0.25) is 0 Å². The van der Waals surface area contributed by atoms with Gasteiger partial charge in [0.25, 0.3) is 0 Å². The van der Waals surface area contributed by atoms with Crippen molar-refractivity contribution in [3.05, 3.63) is 0 Å². The Hall–Kier alpha value is -0.170. The van der Waals surface area contributed by atoms with Crippen LogP contribution >= 0.6 is 0 Å². The third-order valence-corrected chi connectivity index (χ3v) is 4.15. The number of sulfonamides is 1. The van der Waals surface area contributed by atoms with Crippen molar-refractivity contribution in [3.8, 4) is 0 Å². The Morgan fingerprint density at radius 2 is 2.06 bits per heavy atom. The fourth-order valence-corrected chi connectivity index (χ4v) is 3.19. The molecule has 1 heterocycles. The van der Waals surface area contributed by atoms with Crippen LogP contribution in [0.1, 0.15) is 32.6 Å². The Kier molecular flexibility index (Phi) is 7.14. The summed E-state index contributed by atoms with van der Waals surface area (Å²) in [5.41, 5.74) is 0. The highest BCUT2D eigenvalue weighted by Gasteiger charge is 2.18. The number of ether oxygens (including phenoxy) is 2. The van der Waals surface area contributed by atoms with E-state index in [4.69, 9.17) is 14.6 Å². The van der Waals surface area contributed by atoms with Crippen LogP contribution in [0.3, 0.4) is 0 Å². The van der Waals surface area contributed by atoms with E-state index in [2.05, 4.69) is 0 Å². The molecule has 1 atom stereocenters. The van der Waals surface area contributed by atoms with E-state index < -0.39 is 10.0 Å². The van der Waals surface area contributed by atoms with E-state index in [0.29, 0.717) is 19.1 Å². The average Bonchev–Trinajstić information content (AvgIpc) is 2.28. The van der Waals surface area contributed by atoms with Crippen molar-refractivity contribution in [3.63, 3.8) is 0 Å². The monoisotopic (exact) mass is 279 g/mol. The van der Waals surface area contributed by atoms with Gasteiger partial charge in [-0.15, -0.1) is 0 Å². The van der Waals surface area contributed by atoms with Crippen molar-refractivity contribution in [2.45, 2.75) is 32.6 Å². The molecular weight excluding hydrogens is 254 g/mol. The first-order valence-electron chi connectivity index (χ1n) is 6.67. The lowest BCUT2D eigenvalue weighted by molar-refractivity contribution is 0.0125. The van der Waals surface area contributed by atoms with E-state index in [-0.39, 0.29) is 11.7 Å². The molecule has 1 saturated heterocycles. The minimum Gasteiger partial charge on any atom is -0.381 e. The second-order valence-corrected chi connectivity index (χ2v) is 6.74. The lowest BCUT2D eigenvalue weighted by Gasteiger charge is -2.23. The molecule has 108 valence electrons. The zero-order valence-electron chi connectivity index (χ0n) is 11.1. The van der Waals surface area contributed by atoms with Crippen molar-refractivity contribution in [1.82, 2.24) is 0 Å². The molecule has 0 spiro atoms. The number of hydrogen-bond acceptors (Lipinski definition) is 4. The van der Waals surface area contributed by atoms with Crippen LogP contribution in [-0.4, -0.2) is 40.6 Å². The lowest BCUT2D eigenvalue weighted by Crippen LogP contribution is -2.27. The molecule has 1 rings (SSSR count). The van der Waals surface area contributed by atoms with Gasteiger partial charge in [0.2, 0.25) is 10.0 Å². The molecule has 0 aromatic heterocycles. The van der Waals surface area contributed by atoms with Gasteiger partial charge >= 0.3 is 0 Å². The van der Waals surface area contributed by atoms with Crippen LogP contribution in [0, 0.1) is 11.8 Å². The van der Waals surface area contributed by atoms with E-state index in [0.717, 1.165) is 38.9 Å². The van der Waals surface area contributed by atoms with Crippen LogP contribution in [0.2, 0.25) is 0 Å². The topological polar surface area (TPSA) is 78.6 Å². The Morgan fingerprint density at radius 3 is 2.61 bits per heavy atom. The Morgan fingerprint density at radius 1 is 1.39 bits per heavy atom. The van der Waals surface area contributed by atoms with E-state index in [9.17, 15) is 8.42 Å². The summed E-state index contributed by atoms with van der Waals surface area (Å²) in [5, 5.41) is 5.08. The Labute approximate surface area is 110 Å². The van der Waals surface area contributed by atoms with Gasteiger partial charge in [-0.1, -0.05) is 13.3 Å². The lowest BCUT2D eigenvalue weighted by atomic mass is 10.0. The molecule has 0 aliphatic carbocycles. The highest BCUT2D eigenvalue weighted by molar-refractivity contribution is 7.89. The van der Waals surface area contributed by atoms with Crippen molar-refractivity contribution in [2.75, 3.05) is 32.2 Å². The van der Waals surface area contributed by atoms with Gasteiger partial charge in [-0.05, 0) is 31.1 Å². The Balaban J connectivity index is 2.23. The third-order valence-electron chi connectivity index (χ3n) is 3.21. The fraction of sp³-hybridized carbons (Fsp3) is 1.00. The van der Waals surface area contributed by atoms with Gasteiger partial charge in [-0.25, -0.2) is 13.6 Å². The summed E-state index contributed by atoms with van der Waals surface area (Å²) < 4.78 is 33.1. The molecular formula is C12H25NO4S. The van der Waals surface area contributed by atoms with E-state index in [1.54, 1.807) is 0 Å². The summed E-state index contributed by atoms with van der Waals surface area (Å²) in [6.07, 6.45) is 3.85. The van der Waals surface area contributed by atoms with Crippen LogP contribution in [0.4, 0.5) is 0 Å². The SMILES string of the molecule is CCCC(COCC1CCOCC1)CS(N)(=O)=O. The van der Waals surface area contributed by atoms with Crippen LogP contribution in [-0.2, 0) is 19.5 Å². The predicted octanol–water partition coefficient (Wildman–Crippen LogP) is 1.13. The van der Waals surface area contributed by atoms with E-state index in [1.165, 1.54) is 0 Å². The molecule has 0 aromatic carbocycles. The Bertz CT molecular complexity index is 312. The zero-order chi connectivity index (χ0) is 13.4. The minimum atomic E-state index is -3.40. The molecule has 0 radical (unpaired) electrons. The van der Waals surface area contributed by atoms with Gasteiger partial charge in [0.1, 0.15) is 0 Å². The number of hydrogen-bond donors (Lipinski definition) is 1. The van der Waals surface area contributed by atoms with Crippen molar-refractivity contribution >= 4 is 10.0 Å². The smallest absolute Gasteiger partial charge is 0.209 e. The maximum absolute atomic E-state index is 11.1. The summed E-state index contributed by atoms with van der Waals surface area (Å²) >= 11 is 0. The van der Waals surface area contributed by atoms with Crippen LogP contribution in [0.25, 0.3) is 0 Å². The van der Waals surface area contributed by atoms with Gasteiger partial charge in [0, 0.05) is 19.8 Å². The van der Waals surface area contributed by atoms with Crippen LogP contribution in [0.5, 0.6) is 0 Å². The molecule has 0 aromatic rings. The quantitative estimate of drug-likeness (QED) is 0.722. The zero-order valence-corrected chi connectivity index (χ0v) is 12.0. The van der Waals surface area contributed by atoms with Gasteiger partial charge in [0.15, 0.2) is 0 Å². The van der Waals surface area contributed by atoms with E-state index in [1.807, 2.05) is 6.92 Å². The highest BCUT2D eigenvalue weighted by atomic mass is 32.2. The normalized spacial score (nSPS) is 19.9. The van der Waals surface area contributed by atoms with Crippen LogP contribution < -0.4 is 5.14 Å². The summed E-state index contributed by atoms with van der Waals surface area (Å²) in [5.74, 6) is 0.592. The van der Waals surface area contributed by atoms with Gasteiger partial charge < -0.3 is 9.47 Å². The number of rotatable bonds is 8. The second kappa shape index (κ2) is 8.09. The molecule has 1 unspecified atom stereocenters. The largest absolute Gasteiger partial charge is 0.381 e. The summed E-state index contributed by atoms with van der Waals surface area (Å²) in [7, 11) is -3.40. The molecule has 0 saturated carbocycles. The standard InChI is InChI=1S/C12H25NO4S/c1-2-3-12(10-18(13,14)15)9-17-8-11-4-6-16-7-5-11/h11-12H,2-10H2,1H3,(H2,13,14,15). The summed E-state index contributed by atoms with van der Waals surface area (Å²) in [6, 6.07) is 0.